The molecule has 4 rings (SSSR count). The predicted octanol–water partition coefficient (Wildman–Crippen LogP) is 3.76. The minimum absolute atomic E-state index is 0.244. The summed E-state index contributed by atoms with van der Waals surface area (Å²) in [6.07, 6.45) is 0.638. The quantitative estimate of drug-likeness (QED) is 0.747. The van der Waals surface area contributed by atoms with E-state index in [9.17, 15) is 4.79 Å². The molecule has 0 unspecified atom stereocenters. The molecular formula is C22H27N3O3S. The first-order valence-electron chi connectivity index (χ1n) is 9.85. The molecule has 0 saturated heterocycles. The number of amides is 1. The summed E-state index contributed by atoms with van der Waals surface area (Å²) in [6, 6.07) is 14.4. The van der Waals surface area contributed by atoms with E-state index < -0.39 is 0 Å². The highest BCUT2D eigenvalue weighted by Crippen LogP contribution is 2.28. The monoisotopic (exact) mass is 413 g/mol. The molecule has 154 valence electrons. The standard InChI is InChI=1S/C22H27N3O3S/c1-23-16-24(12-17-6-4-3-5-7-17)13-18-14-25(11-10-20(18)23)22(26)28-15-19-8-9-21(27-2)29-19/h3-9H,10-16H2,1-2H3. The maximum Gasteiger partial charge on any atom is 0.410 e. The van der Waals surface area contributed by atoms with Crippen LogP contribution < -0.4 is 4.74 Å². The van der Waals surface area contributed by atoms with Crippen molar-refractivity contribution in [2.45, 2.75) is 19.6 Å². The van der Waals surface area contributed by atoms with E-state index in [1.807, 2.05) is 23.1 Å². The summed E-state index contributed by atoms with van der Waals surface area (Å²) in [7, 11) is 3.79. The van der Waals surface area contributed by atoms with E-state index in [2.05, 4.69) is 41.1 Å². The van der Waals surface area contributed by atoms with Crippen molar-refractivity contribution in [3.05, 3.63) is 64.2 Å². The van der Waals surface area contributed by atoms with Crippen LogP contribution in [-0.4, -0.2) is 61.3 Å². The molecule has 0 aliphatic carbocycles. The summed E-state index contributed by atoms with van der Waals surface area (Å²) in [5.41, 5.74) is 4.00. The molecule has 29 heavy (non-hydrogen) atoms. The number of benzene rings is 1. The van der Waals surface area contributed by atoms with Crippen LogP contribution in [0.1, 0.15) is 16.9 Å². The van der Waals surface area contributed by atoms with Gasteiger partial charge in [-0.3, -0.25) is 4.90 Å². The minimum atomic E-state index is -0.244. The molecule has 0 radical (unpaired) electrons. The molecule has 0 bridgehead atoms. The van der Waals surface area contributed by atoms with E-state index in [1.165, 1.54) is 28.2 Å². The van der Waals surface area contributed by atoms with Gasteiger partial charge in [0.15, 0.2) is 5.06 Å². The maximum atomic E-state index is 12.6. The molecule has 2 aromatic rings. The van der Waals surface area contributed by atoms with Gasteiger partial charge in [0, 0.05) is 50.2 Å². The van der Waals surface area contributed by atoms with Crippen molar-refractivity contribution in [2.75, 3.05) is 40.5 Å². The van der Waals surface area contributed by atoms with Gasteiger partial charge in [0.1, 0.15) is 6.61 Å². The first-order valence-corrected chi connectivity index (χ1v) is 10.7. The zero-order valence-corrected chi connectivity index (χ0v) is 17.8. The first kappa shape index (κ1) is 19.8. The molecule has 0 atom stereocenters. The van der Waals surface area contributed by atoms with Gasteiger partial charge in [0.05, 0.1) is 13.8 Å². The summed E-state index contributed by atoms with van der Waals surface area (Å²) < 4.78 is 10.7. The Hall–Kier alpha value is -2.51. The van der Waals surface area contributed by atoms with Crippen molar-refractivity contribution < 1.29 is 14.3 Å². The molecule has 3 heterocycles. The summed E-state index contributed by atoms with van der Waals surface area (Å²) >= 11 is 1.50. The average Bonchev–Trinajstić information content (AvgIpc) is 3.20. The van der Waals surface area contributed by atoms with Crippen LogP contribution in [0, 0.1) is 0 Å². The van der Waals surface area contributed by atoms with Crippen molar-refractivity contribution >= 4 is 17.4 Å². The number of methoxy groups -OCH3 is 1. The molecule has 7 heteroatoms. The number of hydrogen-bond acceptors (Lipinski definition) is 6. The van der Waals surface area contributed by atoms with Crippen molar-refractivity contribution in [2.24, 2.45) is 0 Å². The fourth-order valence-corrected chi connectivity index (χ4v) is 4.73. The number of carbonyl (C=O) groups is 1. The Kier molecular flexibility index (Phi) is 6.06. The van der Waals surface area contributed by atoms with Crippen LogP contribution in [0.5, 0.6) is 5.06 Å². The first-order chi connectivity index (χ1) is 14.1. The van der Waals surface area contributed by atoms with Crippen LogP contribution in [-0.2, 0) is 17.9 Å². The highest BCUT2D eigenvalue weighted by atomic mass is 32.1. The van der Waals surface area contributed by atoms with E-state index in [1.54, 1.807) is 7.11 Å². The van der Waals surface area contributed by atoms with Crippen LogP contribution in [0.4, 0.5) is 4.79 Å². The van der Waals surface area contributed by atoms with Gasteiger partial charge in [-0.25, -0.2) is 4.79 Å². The normalized spacial score (nSPS) is 17.3. The molecule has 2 aliphatic rings. The third kappa shape index (κ3) is 4.74. The van der Waals surface area contributed by atoms with Gasteiger partial charge in [-0.05, 0) is 23.3 Å². The Labute approximate surface area is 175 Å². The molecule has 0 spiro atoms. The zero-order chi connectivity index (χ0) is 20.2. The maximum absolute atomic E-state index is 12.6. The van der Waals surface area contributed by atoms with Crippen molar-refractivity contribution in [1.82, 2.24) is 14.7 Å². The molecule has 0 fully saturated rings. The summed E-state index contributed by atoms with van der Waals surface area (Å²) in [5, 5.41) is 0.826. The molecule has 1 aromatic heterocycles. The zero-order valence-electron chi connectivity index (χ0n) is 17.0. The number of rotatable bonds is 5. The smallest absolute Gasteiger partial charge is 0.410 e. The van der Waals surface area contributed by atoms with Gasteiger partial charge in [0.2, 0.25) is 0 Å². The lowest BCUT2D eigenvalue weighted by atomic mass is 10.0. The van der Waals surface area contributed by atoms with Crippen LogP contribution in [0.25, 0.3) is 0 Å². The van der Waals surface area contributed by atoms with Crippen molar-refractivity contribution in [1.29, 1.82) is 0 Å². The average molecular weight is 414 g/mol. The van der Waals surface area contributed by atoms with Gasteiger partial charge >= 0.3 is 6.09 Å². The fraction of sp³-hybridized carbons (Fsp3) is 0.409. The van der Waals surface area contributed by atoms with E-state index >= 15 is 0 Å². The van der Waals surface area contributed by atoms with Crippen molar-refractivity contribution in [3.63, 3.8) is 0 Å². The number of nitrogens with zero attached hydrogens (tertiary/aromatic N) is 3. The predicted molar refractivity (Wildman–Crippen MR) is 114 cm³/mol. The van der Waals surface area contributed by atoms with Crippen LogP contribution in [0.3, 0.4) is 0 Å². The Morgan fingerprint density at radius 2 is 1.97 bits per heavy atom. The Morgan fingerprint density at radius 1 is 1.14 bits per heavy atom. The molecule has 2 aliphatic heterocycles. The van der Waals surface area contributed by atoms with E-state index in [0.717, 1.165) is 36.1 Å². The second kappa shape index (κ2) is 8.88. The van der Waals surface area contributed by atoms with Crippen LogP contribution in [0.15, 0.2) is 53.7 Å². The van der Waals surface area contributed by atoms with Gasteiger partial charge in [0.25, 0.3) is 0 Å². The second-order valence-electron chi connectivity index (χ2n) is 7.51. The van der Waals surface area contributed by atoms with Crippen molar-refractivity contribution in [3.8, 4) is 5.06 Å². The number of hydrogen-bond donors (Lipinski definition) is 0. The van der Waals surface area contributed by atoms with E-state index in [-0.39, 0.29) is 12.7 Å². The van der Waals surface area contributed by atoms with Gasteiger partial charge in [-0.1, -0.05) is 30.3 Å². The lowest BCUT2D eigenvalue weighted by Gasteiger charge is -2.42. The topological polar surface area (TPSA) is 45.3 Å². The number of thiophene rings is 1. The summed E-state index contributed by atoms with van der Waals surface area (Å²) in [4.78, 5) is 20.2. The third-order valence-electron chi connectivity index (χ3n) is 5.38. The van der Waals surface area contributed by atoms with E-state index in [4.69, 9.17) is 9.47 Å². The van der Waals surface area contributed by atoms with Gasteiger partial charge < -0.3 is 19.3 Å². The molecule has 6 nitrogen and oxygen atoms in total. The second-order valence-corrected chi connectivity index (χ2v) is 8.64. The van der Waals surface area contributed by atoms with Crippen LogP contribution >= 0.6 is 11.3 Å². The Bertz CT molecular complexity index is 880. The highest BCUT2D eigenvalue weighted by molar-refractivity contribution is 7.13. The fourth-order valence-electron chi connectivity index (χ4n) is 4.00. The van der Waals surface area contributed by atoms with Crippen LogP contribution in [0.2, 0.25) is 0 Å². The highest BCUT2D eigenvalue weighted by Gasteiger charge is 2.30. The summed E-state index contributed by atoms with van der Waals surface area (Å²) in [6.45, 7) is 4.34. The molecule has 1 aromatic carbocycles. The number of carbonyl (C=O) groups excluding carboxylic acids is 1. The lowest BCUT2D eigenvalue weighted by Crippen LogP contribution is -2.48. The molecule has 0 N–H and O–H groups in total. The largest absolute Gasteiger partial charge is 0.487 e. The van der Waals surface area contributed by atoms with E-state index in [0.29, 0.717) is 13.1 Å². The SMILES string of the molecule is COc1ccc(COC(=O)N2CCC3=C(CN(Cc4ccccc4)CN3C)C2)s1. The third-order valence-corrected chi connectivity index (χ3v) is 6.40. The lowest BCUT2D eigenvalue weighted by molar-refractivity contribution is 0.0878. The molecule has 1 amide bonds. The van der Waals surface area contributed by atoms with Gasteiger partial charge in [-0.15, -0.1) is 11.3 Å². The summed E-state index contributed by atoms with van der Waals surface area (Å²) in [5.74, 6) is 0. The van der Waals surface area contributed by atoms with Gasteiger partial charge in [-0.2, -0.15) is 0 Å². The number of ether oxygens (including phenoxy) is 2. The Morgan fingerprint density at radius 3 is 2.72 bits per heavy atom. The molecule has 0 saturated carbocycles. The Balaban J connectivity index is 1.35. The molecular weight excluding hydrogens is 386 g/mol. The minimum Gasteiger partial charge on any atom is -0.487 e.